The average molecular weight is 398 g/mol. The van der Waals surface area contributed by atoms with E-state index < -0.39 is 0 Å². The third-order valence-corrected chi connectivity index (χ3v) is 4.81. The fourth-order valence-corrected chi connectivity index (χ4v) is 3.27. The molecule has 3 aromatic carbocycles. The maximum Gasteiger partial charge on any atom is 0.234 e. The average Bonchev–Trinajstić information content (AvgIpc) is 3.24. The number of nitrogens with two attached hydrogens (primary N) is 1. The first-order chi connectivity index (χ1) is 14.7. The molecule has 0 aliphatic heterocycles. The van der Waals surface area contributed by atoms with Gasteiger partial charge in [0, 0.05) is 12.0 Å². The molecule has 0 amide bonds. The molecule has 150 valence electrons. The van der Waals surface area contributed by atoms with Crippen LogP contribution < -0.4 is 10.5 Å². The van der Waals surface area contributed by atoms with Crippen molar-refractivity contribution in [2.24, 2.45) is 0 Å². The number of nitrogen functional groups attached to an aromatic ring is 1. The Kier molecular flexibility index (Phi) is 5.85. The molecule has 1 aromatic heterocycles. The maximum atomic E-state index is 12.2. The van der Waals surface area contributed by atoms with E-state index in [2.05, 4.69) is 46.6 Å². The SMILES string of the molecule is Nc1nncn1C(=O)CCCOc1ccc(-c2ccccc2)cc1-c1ccccc1. The fraction of sp³-hybridized carbons (Fsp3) is 0.125. The van der Waals surface area contributed by atoms with Crippen LogP contribution in [-0.4, -0.2) is 27.3 Å². The van der Waals surface area contributed by atoms with Crippen LogP contribution in [0.4, 0.5) is 5.95 Å². The molecule has 4 rings (SSSR count). The van der Waals surface area contributed by atoms with E-state index in [0.29, 0.717) is 19.4 Å². The zero-order chi connectivity index (χ0) is 20.8. The summed E-state index contributed by atoms with van der Waals surface area (Å²) in [7, 11) is 0. The van der Waals surface area contributed by atoms with E-state index in [1.165, 1.54) is 10.9 Å². The topological polar surface area (TPSA) is 83.0 Å². The molecule has 0 bridgehead atoms. The normalized spacial score (nSPS) is 10.7. The first-order valence-corrected chi connectivity index (χ1v) is 9.79. The van der Waals surface area contributed by atoms with Gasteiger partial charge in [-0.1, -0.05) is 66.7 Å². The summed E-state index contributed by atoms with van der Waals surface area (Å²) >= 11 is 0. The van der Waals surface area contributed by atoms with E-state index in [4.69, 9.17) is 10.5 Å². The lowest BCUT2D eigenvalue weighted by Crippen LogP contribution is -2.13. The molecule has 0 radical (unpaired) electrons. The number of nitrogens with zero attached hydrogens (tertiary/aromatic N) is 3. The summed E-state index contributed by atoms with van der Waals surface area (Å²) in [4.78, 5) is 12.2. The van der Waals surface area contributed by atoms with Crippen LogP contribution in [0.5, 0.6) is 5.75 Å². The summed E-state index contributed by atoms with van der Waals surface area (Å²) in [6, 6.07) is 26.6. The van der Waals surface area contributed by atoms with Crippen molar-refractivity contribution in [1.29, 1.82) is 0 Å². The van der Waals surface area contributed by atoms with Crippen LogP contribution in [0.1, 0.15) is 17.6 Å². The number of aromatic nitrogens is 3. The van der Waals surface area contributed by atoms with Crippen LogP contribution in [0, 0.1) is 0 Å². The standard InChI is InChI=1S/C24H22N4O2/c25-24-27-26-17-28(24)23(29)12-7-15-30-22-14-13-20(18-8-3-1-4-9-18)16-21(22)19-10-5-2-6-11-19/h1-6,8-11,13-14,16-17H,7,12,15H2,(H2,25,27). The number of ether oxygens (including phenoxy) is 1. The zero-order valence-corrected chi connectivity index (χ0v) is 16.4. The van der Waals surface area contributed by atoms with Crippen LogP contribution in [0.2, 0.25) is 0 Å². The molecule has 4 aromatic rings. The van der Waals surface area contributed by atoms with E-state index in [1.54, 1.807) is 0 Å². The second-order valence-corrected chi connectivity index (χ2v) is 6.85. The minimum absolute atomic E-state index is 0.101. The third-order valence-electron chi connectivity index (χ3n) is 4.81. The van der Waals surface area contributed by atoms with E-state index in [-0.39, 0.29) is 11.9 Å². The summed E-state index contributed by atoms with van der Waals surface area (Å²) < 4.78 is 7.31. The molecule has 0 aliphatic rings. The molecule has 6 nitrogen and oxygen atoms in total. The van der Waals surface area contributed by atoms with Crippen LogP contribution in [0.15, 0.2) is 85.2 Å². The minimum atomic E-state index is -0.149. The lowest BCUT2D eigenvalue weighted by molar-refractivity contribution is 0.0895. The first-order valence-electron chi connectivity index (χ1n) is 9.79. The Balaban J connectivity index is 1.49. The van der Waals surface area contributed by atoms with Gasteiger partial charge in [0.05, 0.1) is 6.61 Å². The molecule has 0 aliphatic carbocycles. The number of carbonyl (C=O) groups excluding carboxylic acids is 1. The lowest BCUT2D eigenvalue weighted by atomic mass is 9.98. The Labute approximate surface area is 175 Å². The summed E-state index contributed by atoms with van der Waals surface area (Å²) in [5.41, 5.74) is 10.00. The summed E-state index contributed by atoms with van der Waals surface area (Å²) in [5.74, 6) is 0.740. The Morgan fingerprint density at radius 1 is 0.900 bits per heavy atom. The number of anilines is 1. The Hall–Kier alpha value is -3.93. The van der Waals surface area contributed by atoms with E-state index >= 15 is 0 Å². The maximum absolute atomic E-state index is 12.2. The van der Waals surface area contributed by atoms with Crippen molar-refractivity contribution < 1.29 is 9.53 Å². The zero-order valence-electron chi connectivity index (χ0n) is 16.4. The van der Waals surface area contributed by atoms with Gasteiger partial charge >= 0.3 is 0 Å². The van der Waals surface area contributed by atoms with Crippen molar-refractivity contribution in [2.75, 3.05) is 12.3 Å². The van der Waals surface area contributed by atoms with Crippen molar-refractivity contribution in [2.45, 2.75) is 12.8 Å². The van der Waals surface area contributed by atoms with Gasteiger partial charge in [-0.05, 0) is 35.2 Å². The number of benzene rings is 3. The molecule has 0 fully saturated rings. The van der Waals surface area contributed by atoms with Crippen molar-refractivity contribution >= 4 is 11.9 Å². The molecule has 30 heavy (non-hydrogen) atoms. The van der Waals surface area contributed by atoms with Crippen molar-refractivity contribution in [3.05, 3.63) is 85.2 Å². The van der Waals surface area contributed by atoms with E-state index in [9.17, 15) is 4.79 Å². The molecule has 0 unspecified atom stereocenters. The van der Waals surface area contributed by atoms with Crippen LogP contribution >= 0.6 is 0 Å². The van der Waals surface area contributed by atoms with Gasteiger partial charge < -0.3 is 10.5 Å². The van der Waals surface area contributed by atoms with Gasteiger partial charge in [0.15, 0.2) is 0 Å². The highest BCUT2D eigenvalue weighted by atomic mass is 16.5. The highest BCUT2D eigenvalue weighted by Gasteiger charge is 2.11. The Morgan fingerprint density at radius 3 is 2.27 bits per heavy atom. The first kappa shape index (κ1) is 19.4. The molecular weight excluding hydrogens is 376 g/mol. The molecule has 6 heteroatoms. The molecule has 1 heterocycles. The summed E-state index contributed by atoms with van der Waals surface area (Å²) in [6.07, 6.45) is 2.18. The summed E-state index contributed by atoms with van der Waals surface area (Å²) in [6.45, 7) is 0.415. The molecule has 0 spiro atoms. The van der Waals surface area contributed by atoms with Crippen LogP contribution in [0.3, 0.4) is 0 Å². The molecule has 0 atom stereocenters. The van der Waals surface area contributed by atoms with Gasteiger partial charge in [-0.25, -0.2) is 4.57 Å². The summed E-state index contributed by atoms with van der Waals surface area (Å²) in [5, 5.41) is 7.26. The van der Waals surface area contributed by atoms with Crippen LogP contribution in [-0.2, 0) is 0 Å². The van der Waals surface area contributed by atoms with Gasteiger partial charge in [0.2, 0.25) is 11.9 Å². The molecule has 2 N–H and O–H groups in total. The Morgan fingerprint density at radius 2 is 1.60 bits per heavy atom. The highest BCUT2D eigenvalue weighted by Crippen LogP contribution is 2.34. The lowest BCUT2D eigenvalue weighted by Gasteiger charge is -2.14. The predicted molar refractivity (Wildman–Crippen MR) is 117 cm³/mol. The van der Waals surface area contributed by atoms with Gasteiger partial charge in [-0.15, -0.1) is 10.2 Å². The number of hydrogen-bond acceptors (Lipinski definition) is 5. The number of hydrogen-bond donors (Lipinski definition) is 1. The predicted octanol–water partition coefficient (Wildman–Crippen LogP) is 4.69. The number of rotatable bonds is 7. The Bertz CT molecular complexity index is 1120. The van der Waals surface area contributed by atoms with E-state index in [0.717, 1.165) is 28.0 Å². The second kappa shape index (κ2) is 9.05. The molecule has 0 saturated heterocycles. The minimum Gasteiger partial charge on any atom is -0.493 e. The van der Waals surface area contributed by atoms with Gasteiger partial charge in [-0.3, -0.25) is 4.79 Å². The number of carbonyl (C=O) groups is 1. The van der Waals surface area contributed by atoms with Crippen LogP contribution in [0.25, 0.3) is 22.3 Å². The fourth-order valence-electron chi connectivity index (χ4n) is 3.27. The largest absolute Gasteiger partial charge is 0.493 e. The second-order valence-electron chi connectivity index (χ2n) is 6.85. The van der Waals surface area contributed by atoms with Crippen molar-refractivity contribution in [1.82, 2.24) is 14.8 Å². The van der Waals surface area contributed by atoms with E-state index in [1.807, 2.05) is 42.5 Å². The quantitative estimate of drug-likeness (QED) is 0.457. The molecule has 0 saturated carbocycles. The van der Waals surface area contributed by atoms with Crippen molar-refractivity contribution in [3.8, 4) is 28.0 Å². The molecular formula is C24H22N4O2. The van der Waals surface area contributed by atoms with Gasteiger partial charge in [0.25, 0.3) is 0 Å². The van der Waals surface area contributed by atoms with Gasteiger partial charge in [-0.2, -0.15) is 0 Å². The smallest absolute Gasteiger partial charge is 0.234 e. The highest BCUT2D eigenvalue weighted by molar-refractivity contribution is 5.81. The third kappa shape index (κ3) is 4.38. The van der Waals surface area contributed by atoms with Crippen molar-refractivity contribution in [3.63, 3.8) is 0 Å². The van der Waals surface area contributed by atoms with Gasteiger partial charge in [0.1, 0.15) is 12.1 Å². The monoisotopic (exact) mass is 398 g/mol.